The summed E-state index contributed by atoms with van der Waals surface area (Å²) in [6.07, 6.45) is 3.80. The number of nitrogens with one attached hydrogen (secondary N) is 1. The van der Waals surface area contributed by atoms with E-state index >= 15 is 0 Å². The molecule has 7 nitrogen and oxygen atoms in total. The van der Waals surface area contributed by atoms with E-state index in [0.717, 1.165) is 72.0 Å². The number of benzene rings is 2. The van der Waals surface area contributed by atoms with Crippen molar-refractivity contribution >= 4 is 11.6 Å². The molecule has 0 aliphatic carbocycles. The number of nitrogens with zero attached hydrogens (tertiary/aromatic N) is 4. The molecule has 1 aliphatic rings. The number of anilines is 1. The molecule has 1 N–H and O–H groups in total. The summed E-state index contributed by atoms with van der Waals surface area (Å²) in [5.74, 6) is 0.687. The van der Waals surface area contributed by atoms with Gasteiger partial charge >= 0.3 is 0 Å². The Bertz CT molecular complexity index is 1150. The molecule has 1 aromatic heterocycles. The molecule has 7 heteroatoms. The van der Waals surface area contributed by atoms with Crippen molar-refractivity contribution in [1.82, 2.24) is 20.0 Å². The first kappa shape index (κ1) is 23.8. The maximum atomic E-state index is 13.3. The predicted octanol–water partition coefficient (Wildman–Crippen LogP) is 4.28. The first-order chi connectivity index (χ1) is 16.4. The van der Waals surface area contributed by atoms with Gasteiger partial charge in [0.2, 0.25) is 0 Å². The summed E-state index contributed by atoms with van der Waals surface area (Å²) in [5, 5.41) is 7.47. The number of hydrogen-bond acceptors (Lipinski definition) is 5. The van der Waals surface area contributed by atoms with Gasteiger partial charge in [-0.1, -0.05) is 13.0 Å². The monoisotopic (exact) mass is 463 g/mol. The van der Waals surface area contributed by atoms with E-state index in [2.05, 4.69) is 39.3 Å². The Morgan fingerprint density at radius 1 is 1.15 bits per heavy atom. The van der Waals surface area contributed by atoms with Gasteiger partial charge in [0.25, 0.3) is 5.91 Å². The van der Waals surface area contributed by atoms with E-state index < -0.39 is 0 Å². The number of aryl methyl sites for hydroxylation is 2. The molecule has 0 radical (unpaired) electrons. The fraction of sp³-hybridized carbons (Fsp3) is 0.407. The van der Waals surface area contributed by atoms with Gasteiger partial charge in [-0.05, 0) is 67.4 Å². The zero-order valence-electron chi connectivity index (χ0n) is 20.8. The minimum atomic E-state index is -0.186. The second-order valence-corrected chi connectivity index (χ2v) is 9.01. The van der Waals surface area contributed by atoms with Crippen molar-refractivity contribution < 1.29 is 11.0 Å². The molecule has 2 aromatic carbocycles. The number of hydrogen-bond donors (Lipinski definition) is 1. The van der Waals surface area contributed by atoms with Gasteiger partial charge in [0.05, 0.1) is 19.3 Å². The van der Waals surface area contributed by atoms with Crippen LogP contribution in [0.5, 0.6) is 5.75 Å². The summed E-state index contributed by atoms with van der Waals surface area (Å²) in [4.78, 5) is 18.1. The quantitative estimate of drug-likeness (QED) is 0.567. The highest BCUT2D eigenvalue weighted by molar-refractivity contribution is 5.97. The molecule has 2 heterocycles. The minimum Gasteiger partial charge on any atom is -0.497 e. The van der Waals surface area contributed by atoms with E-state index in [1.807, 2.05) is 57.6 Å². The topological polar surface area (TPSA) is 62.6 Å². The Hall–Kier alpha value is -3.32. The third kappa shape index (κ3) is 5.25. The Balaban J connectivity index is 0.00000342. The van der Waals surface area contributed by atoms with E-state index in [1.54, 1.807) is 11.8 Å². The van der Waals surface area contributed by atoms with Crippen LogP contribution in [0.1, 0.15) is 42.8 Å². The van der Waals surface area contributed by atoms with Crippen molar-refractivity contribution in [1.29, 1.82) is 0 Å². The summed E-state index contributed by atoms with van der Waals surface area (Å²) < 4.78 is 7.31. The summed E-state index contributed by atoms with van der Waals surface area (Å²) in [7, 11) is 3.55. The summed E-state index contributed by atoms with van der Waals surface area (Å²) in [5.41, 5.74) is 5.80. The maximum absolute atomic E-state index is 13.3. The average molecular weight is 464 g/mol. The average Bonchev–Trinajstić information content (AvgIpc) is 3.30. The Morgan fingerprint density at radius 3 is 2.56 bits per heavy atom. The number of ether oxygens (including phenoxy) is 1. The standard InChI is InChI=1S/C27H35N5O2.H2/c1-6-31-9-11-32(12-10-31)24-8-7-19(2)26(16-24)27(33)29-20(3)21-13-22(15-25(14-21)34-5)23-17-28-30(4)18-23;/h7-8,13-18,20H,6,9-12H2,1-5H3,(H,29,33);1H/t20-;/m1./s1. The molecule has 1 fully saturated rings. The molecule has 4 rings (SSSR count). The number of carbonyl (C=O) groups is 1. The first-order valence-electron chi connectivity index (χ1n) is 11.9. The van der Waals surface area contributed by atoms with Crippen LogP contribution in [-0.2, 0) is 7.05 Å². The molecular formula is C27H37N5O2. The number of likely N-dealkylation sites (N-methyl/N-ethyl adjacent to an activating group) is 1. The van der Waals surface area contributed by atoms with Gasteiger partial charge in [-0.3, -0.25) is 9.48 Å². The number of carbonyl (C=O) groups excluding carboxylic acids is 1. The second-order valence-electron chi connectivity index (χ2n) is 9.01. The van der Waals surface area contributed by atoms with Crippen molar-refractivity contribution in [2.24, 2.45) is 7.05 Å². The first-order valence-corrected chi connectivity index (χ1v) is 11.9. The molecule has 1 amide bonds. The highest BCUT2D eigenvalue weighted by Gasteiger charge is 2.20. The summed E-state index contributed by atoms with van der Waals surface area (Å²) in [6, 6.07) is 12.1. The molecule has 1 aliphatic heterocycles. The Labute approximate surface area is 203 Å². The predicted molar refractivity (Wildman–Crippen MR) is 139 cm³/mol. The normalized spacial score (nSPS) is 15.3. The fourth-order valence-electron chi connectivity index (χ4n) is 4.46. The van der Waals surface area contributed by atoms with Gasteiger partial charge in [-0.2, -0.15) is 5.10 Å². The van der Waals surface area contributed by atoms with Crippen molar-refractivity contribution in [3.05, 3.63) is 65.5 Å². The molecule has 1 atom stereocenters. The van der Waals surface area contributed by atoms with Gasteiger partial charge < -0.3 is 19.9 Å². The van der Waals surface area contributed by atoms with Crippen LogP contribution in [0.2, 0.25) is 0 Å². The lowest BCUT2D eigenvalue weighted by Crippen LogP contribution is -2.46. The third-order valence-electron chi connectivity index (χ3n) is 6.70. The minimum absolute atomic E-state index is 0. The van der Waals surface area contributed by atoms with Gasteiger partial charge in [-0.15, -0.1) is 0 Å². The Morgan fingerprint density at radius 2 is 1.91 bits per heavy atom. The van der Waals surface area contributed by atoms with Crippen LogP contribution >= 0.6 is 0 Å². The molecule has 0 saturated carbocycles. The van der Waals surface area contributed by atoms with Gasteiger partial charge in [-0.25, -0.2) is 0 Å². The molecular weight excluding hydrogens is 426 g/mol. The zero-order valence-corrected chi connectivity index (χ0v) is 20.8. The molecule has 3 aromatic rings. The van der Waals surface area contributed by atoms with Crippen molar-refractivity contribution in [2.45, 2.75) is 26.8 Å². The number of amides is 1. The van der Waals surface area contributed by atoms with Crippen LogP contribution in [0.4, 0.5) is 5.69 Å². The van der Waals surface area contributed by atoms with E-state index in [9.17, 15) is 4.79 Å². The second kappa shape index (κ2) is 10.3. The lowest BCUT2D eigenvalue weighted by atomic mass is 10.0. The molecule has 34 heavy (non-hydrogen) atoms. The van der Waals surface area contributed by atoms with E-state index in [1.165, 1.54) is 0 Å². The number of rotatable bonds is 7. The van der Waals surface area contributed by atoms with Crippen LogP contribution in [0.3, 0.4) is 0 Å². The third-order valence-corrected chi connectivity index (χ3v) is 6.70. The highest BCUT2D eigenvalue weighted by atomic mass is 16.5. The van der Waals surface area contributed by atoms with Crippen molar-refractivity contribution in [3.8, 4) is 16.9 Å². The smallest absolute Gasteiger partial charge is 0.252 e. The largest absolute Gasteiger partial charge is 0.497 e. The molecule has 1 saturated heterocycles. The van der Waals surface area contributed by atoms with Crippen LogP contribution < -0.4 is 15.0 Å². The molecule has 0 bridgehead atoms. The Kier molecular flexibility index (Phi) is 7.22. The number of piperazine rings is 1. The SMILES string of the molecule is CCN1CCN(c2ccc(C)c(C(=O)N[C@H](C)c3cc(OC)cc(-c4cnn(C)c4)c3)c2)CC1.[HH]. The number of methoxy groups -OCH3 is 1. The van der Waals surface area contributed by atoms with E-state index in [4.69, 9.17) is 4.74 Å². The molecule has 0 unspecified atom stereocenters. The van der Waals surface area contributed by atoms with Gasteiger partial charge in [0, 0.05) is 57.7 Å². The fourth-order valence-corrected chi connectivity index (χ4v) is 4.46. The zero-order chi connectivity index (χ0) is 24.2. The van der Waals surface area contributed by atoms with Gasteiger partial charge in [0.15, 0.2) is 0 Å². The van der Waals surface area contributed by atoms with Crippen molar-refractivity contribution in [3.63, 3.8) is 0 Å². The lowest BCUT2D eigenvalue weighted by molar-refractivity contribution is 0.0939. The lowest BCUT2D eigenvalue weighted by Gasteiger charge is -2.35. The van der Waals surface area contributed by atoms with Gasteiger partial charge in [0.1, 0.15) is 5.75 Å². The summed E-state index contributed by atoms with van der Waals surface area (Å²) >= 11 is 0. The van der Waals surface area contributed by atoms with E-state index in [0.29, 0.717) is 0 Å². The van der Waals surface area contributed by atoms with Crippen LogP contribution in [0, 0.1) is 6.92 Å². The van der Waals surface area contributed by atoms with Crippen LogP contribution in [-0.4, -0.2) is 60.4 Å². The maximum Gasteiger partial charge on any atom is 0.252 e. The van der Waals surface area contributed by atoms with Crippen molar-refractivity contribution in [2.75, 3.05) is 44.7 Å². The molecule has 0 spiro atoms. The van der Waals surface area contributed by atoms with Crippen LogP contribution in [0.15, 0.2) is 48.8 Å². The van der Waals surface area contributed by atoms with E-state index in [-0.39, 0.29) is 13.4 Å². The number of aromatic nitrogens is 2. The summed E-state index contributed by atoms with van der Waals surface area (Å²) in [6.45, 7) is 11.3. The van der Waals surface area contributed by atoms with Crippen LogP contribution in [0.25, 0.3) is 11.1 Å². The highest BCUT2D eigenvalue weighted by Crippen LogP contribution is 2.29. The molecule has 182 valence electrons.